The van der Waals surface area contributed by atoms with E-state index >= 15 is 0 Å². The minimum Gasteiger partial charge on any atom is -0.399 e. The highest BCUT2D eigenvalue weighted by Gasteiger charge is 2.16. The number of carbonyl (C=O) groups excluding carboxylic acids is 1. The van der Waals surface area contributed by atoms with Gasteiger partial charge in [-0.05, 0) is 25.2 Å². The predicted molar refractivity (Wildman–Crippen MR) is 69.4 cm³/mol. The number of nitrogens with one attached hydrogen (secondary N) is 2. The molecule has 6 N–H and O–H groups in total. The summed E-state index contributed by atoms with van der Waals surface area (Å²) < 4.78 is 25.8. The second-order valence-electron chi connectivity index (χ2n) is 3.61. The van der Waals surface area contributed by atoms with E-state index in [0.29, 0.717) is 11.4 Å². The molecule has 0 saturated heterocycles. The number of hydrogen-bond donors (Lipinski definition) is 4. The van der Waals surface area contributed by atoms with Crippen molar-refractivity contribution in [3.05, 3.63) is 18.2 Å². The van der Waals surface area contributed by atoms with E-state index in [2.05, 4.69) is 10.0 Å². The fourth-order valence-corrected chi connectivity index (χ4v) is 2.28. The molecule has 0 unspecified atom stereocenters. The van der Waals surface area contributed by atoms with Crippen molar-refractivity contribution in [2.24, 2.45) is 5.73 Å². The molecule has 0 atom stereocenters. The Morgan fingerprint density at radius 1 is 1.39 bits per heavy atom. The molecular formula is C10H16N4O3S. The highest BCUT2D eigenvalue weighted by Crippen LogP contribution is 2.23. The van der Waals surface area contributed by atoms with Gasteiger partial charge in [0.1, 0.15) is 4.90 Å². The molecule has 0 aliphatic rings. The molecule has 0 radical (unpaired) electrons. The van der Waals surface area contributed by atoms with Crippen molar-refractivity contribution in [2.45, 2.75) is 11.3 Å². The van der Waals surface area contributed by atoms with Gasteiger partial charge in [0.15, 0.2) is 0 Å². The molecule has 1 amide bonds. The number of nitrogens with two attached hydrogens (primary N) is 2. The fourth-order valence-electron chi connectivity index (χ4n) is 1.34. The van der Waals surface area contributed by atoms with Crippen LogP contribution in [0.5, 0.6) is 0 Å². The molecule has 0 bridgehead atoms. The van der Waals surface area contributed by atoms with Crippen LogP contribution in [0.3, 0.4) is 0 Å². The molecule has 0 fully saturated rings. The normalized spacial score (nSPS) is 11.2. The van der Waals surface area contributed by atoms with E-state index in [4.69, 9.17) is 11.5 Å². The molecule has 0 saturated carbocycles. The lowest BCUT2D eigenvalue weighted by atomic mass is 10.2. The predicted octanol–water partition coefficient (Wildman–Crippen LogP) is -0.536. The molecule has 0 aromatic heterocycles. The van der Waals surface area contributed by atoms with Crippen LogP contribution in [-0.4, -0.2) is 27.9 Å². The summed E-state index contributed by atoms with van der Waals surface area (Å²) in [6.45, 7) is 0.255. The summed E-state index contributed by atoms with van der Waals surface area (Å²) in [4.78, 5) is 10.6. The van der Waals surface area contributed by atoms with Gasteiger partial charge in [-0.15, -0.1) is 0 Å². The summed E-state index contributed by atoms with van der Waals surface area (Å²) in [7, 11) is -2.30. The van der Waals surface area contributed by atoms with E-state index in [1.807, 2.05) is 0 Å². The van der Waals surface area contributed by atoms with Crippen LogP contribution in [0, 0.1) is 0 Å². The zero-order valence-electron chi connectivity index (χ0n) is 9.93. The van der Waals surface area contributed by atoms with Crippen LogP contribution in [0.25, 0.3) is 0 Å². The highest BCUT2D eigenvalue weighted by atomic mass is 32.2. The van der Waals surface area contributed by atoms with Crippen LogP contribution in [0.15, 0.2) is 23.1 Å². The van der Waals surface area contributed by atoms with Gasteiger partial charge in [0.25, 0.3) is 0 Å². The standard InChI is InChI=1S/C10H16N4O3S/c1-13-18(16,17)9-6-7(11)2-3-8(9)14-5-4-10(12)15/h2-3,6,13-14H,4-5,11H2,1H3,(H2,12,15). The average molecular weight is 272 g/mol. The number of rotatable bonds is 6. The Balaban J connectivity index is 3.01. The number of primary amides is 1. The third-order valence-electron chi connectivity index (χ3n) is 2.25. The van der Waals surface area contributed by atoms with Crippen molar-refractivity contribution in [2.75, 3.05) is 24.6 Å². The maximum atomic E-state index is 11.8. The van der Waals surface area contributed by atoms with Crippen molar-refractivity contribution in [1.29, 1.82) is 0 Å². The Labute approximate surface area is 106 Å². The molecule has 0 heterocycles. The van der Waals surface area contributed by atoms with Crippen LogP contribution >= 0.6 is 0 Å². The zero-order valence-corrected chi connectivity index (χ0v) is 10.8. The second kappa shape index (κ2) is 5.69. The summed E-state index contributed by atoms with van der Waals surface area (Å²) >= 11 is 0. The summed E-state index contributed by atoms with van der Waals surface area (Å²) in [5.74, 6) is -0.462. The van der Waals surface area contributed by atoms with Gasteiger partial charge in [0.05, 0.1) is 5.69 Å². The Morgan fingerprint density at radius 2 is 2.06 bits per heavy atom. The van der Waals surface area contributed by atoms with Crippen LogP contribution in [-0.2, 0) is 14.8 Å². The lowest BCUT2D eigenvalue weighted by Gasteiger charge is -2.12. The Kier molecular flexibility index (Phi) is 4.51. The first kappa shape index (κ1) is 14.3. The molecule has 0 aliphatic carbocycles. The lowest BCUT2D eigenvalue weighted by Crippen LogP contribution is -2.21. The van der Waals surface area contributed by atoms with E-state index in [0.717, 1.165) is 0 Å². The number of hydrogen-bond acceptors (Lipinski definition) is 5. The first-order valence-electron chi connectivity index (χ1n) is 5.22. The number of amides is 1. The molecule has 0 aliphatic heterocycles. The van der Waals surface area contributed by atoms with Crippen molar-refractivity contribution in [1.82, 2.24) is 4.72 Å². The number of carbonyl (C=O) groups is 1. The van der Waals surface area contributed by atoms with E-state index in [9.17, 15) is 13.2 Å². The van der Waals surface area contributed by atoms with E-state index in [1.54, 1.807) is 12.1 Å². The van der Waals surface area contributed by atoms with Gasteiger partial charge in [0, 0.05) is 18.7 Å². The van der Waals surface area contributed by atoms with Crippen LogP contribution in [0.4, 0.5) is 11.4 Å². The summed E-state index contributed by atoms with van der Waals surface area (Å²) in [6.07, 6.45) is 0.115. The molecule has 8 heteroatoms. The fraction of sp³-hybridized carbons (Fsp3) is 0.300. The van der Waals surface area contributed by atoms with Gasteiger partial charge in [-0.1, -0.05) is 0 Å². The SMILES string of the molecule is CNS(=O)(=O)c1cc(N)ccc1NCCC(N)=O. The van der Waals surface area contributed by atoms with Crippen molar-refractivity contribution in [3.8, 4) is 0 Å². The minimum absolute atomic E-state index is 0.0365. The van der Waals surface area contributed by atoms with E-state index in [-0.39, 0.29) is 17.9 Å². The average Bonchev–Trinajstić information content (AvgIpc) is 2.30. The number of benzene rings is 1. The number of nitrogen functional groups attached to an aromatic ring is 1. The molecule has 0 spiro atoms. The van der Waals surface area contributed by atoms with Crippen LogP contribution in [0.2, 0.25) is 0 Å². The Hall–Kier alpha value is -1.80. The molecule has 100 valence electrons. The first-order chi connectivity index (χ1) is 8.36. The zero-order chi connectivity index (χ0) is 13.8. The maximum absolute atomic E-state index is 11.8. The molecule has 1 aromatic rings. The second-order valence-corrected chi connectivity index (χ2v) is 5.46. The molecule has 1 rings (SSSR count). The Bertz CT molecular complexity index is 542. The number of sulfonamides is 1. The third-order valence-corrected chi connectivity index (χ3v) is 3.71. The topological polar surface area (TPSA) is 127 Å². The molecular weight excluding hydrogens is 256 g/mol. The third kappa shape index (κ3) is 3.60. The smallest absolute Gasteiger partial charge is 0.242 e. The highest BCUT2D eigenvalue weighted by molar-refractivity contribution is 7.89. The van der Waals surface area contributed by atoms with Crippen LogP contribution in [0.1, 0.15) is 6.42 Å². The van der Waals surface area contributed by atoms with Gasteiger partial charge in [-0.2, -0.15) is 0 Å². The van der Waals surface area contributed by atoms with Crippen molar-refractivity contribution < 1.29 is 13.2 Å². The quantitative estimate of drug-likeness (QED) is 0.517. The maximum Gasteiger partial charge on any atom is 0.242 e. The van der Waals surface area contributed by atoms with Crippen molar-refractivity contribution >= 4 is 27.3 Å². The largest absolute Gasteiger partial charge is 0.399 e. The van der Waals surface area contributed by atoms with Gasteiger partial charge in [0.2, 0.25) is 15.9 Å². The summed E-state index contributed by atoms with van der Waals surface area (Å²) in [5.41, 5.74) is 11.3. The number of anilines is 2. The van der Waals surface area contributed by atoms with Gasteiger partial charge in [-0.25, -0.2) is 13.1 Å². The Morgan fingerprint density at radius 3 is 2.61 bits per heavy atom. The molecule has 18 heavy (non-hydrogen) atoms. The van der Waals surface area contributed by atoms with E-state index < -0.39 is 15.9 Å². The lowest BCUT2D eigenvalue weighted by molar-refractivity contribution is -0.117. The monoisotopic (exact) mass is 272 g/mol. The molecule has 1 aromatic carbocycles. The molecule has 7 nitrogen and oxygen atoms in total. The van der Waals surface area contributed by atoms with Gasteiger partial charge >= 0.3 is 0 Å². The summed E-state index contributed by atoms with van der Waals surface area (Å²) in [5, 5.41) is 2.84. The van der Waals surface area contributed by atoms with Gasteiger partial charge < -0.3 is 16.8 Å². The van der Waals surface area contributed by atoms with Gasteiger partial charge in [-0.3, -0.25) is 4.79 Å². The van der Waals surface area contributed by atoms with Crippen molar-refractivity contribution in [3.63, 3.8) is 0 Å². The van der Waals surface area contributed by atoms with E-state index in [1.165, 1.54) is 13.1 Å². The first-order valence-corrected chi connectivity index (χ1v) is 6.70. The minimum atomic E-state index is -3.61. The van der Waals surface area contributed by atoms with Crippen LogP contribution < -0.4 is 21.5 Å². The summed E-state index contributed by atoms with van der Waals surface area (Å²) in [6, 6.07) is 4.46.